The molecular weight excluding hydrogens is 280 g/mol. The summed E-state index contributed by atoms with van der Waals surface area (Å²) < 4.78 is 9.45. The van der Waals surface area contributed by atoms with E-state index in [4.69, 9.17) is 4.74 Å². The Balaban J connectivity index is 2.50. The second-order valence-electron chi connectivity index (χ2n) is 5.51. The topological polar surface area (TPSA) is 52.6 Å². The summed E-state index contributed by atoms with van der Waals surface area (Å²) in [5.74, 6) is -0.232. The summed E-state index contributed by atoms with van der Waals surface area (Å²) in [6.07, 6.45) is 3.28. The van der Waals surface area contributed by atoms with Crippen molar-refractivity contribution in [3.05, 3.63) is 47.7 Å². The molecule has 0 saturated carbocycles. The number of esters is 2. The maximum atomic E-state index is 11.4. The second kappa shape index (κ2) is 9.03. The van der Waals surface area contributed by atoms with E-state index >= 15 is 0 Å². The standard InChI is InChI=1S/C18H24O4/c1-13(2)15-6-5-7-16(12-15)14(3)10-11-22-18(20)9-8-17(19)21-4/h5-7,10-14H,8-9H2,1-4H3. The Morgan fingerprint density at radius 2 is 1.73 bits per heavy atom. The molecule has 1 atom stereocenters. The lowest BCUT2D eigenvalue weighted by Crippen LogP contribution is -2.06. The minimum absolute atomic E-state index is 0.0221. The van der Waals surface area contributed by atoms with Gasteiger partial charge in [0.15, 0.2) is 0 Å². The molecule has 4 heteroatoms. The maximum absolute atomic E-state index is 11.4. The Hall–Kier alpha value is -2.10. The van der Waals surface area contributed by atoms with Gasteiger partial charge in [-0.05, 0) is 23.1 Å². The minimum Gasteiger partial charge on any atom is -0.469 e. The molecule has 120 valence electrons. The van der Waals surface area contributed by atoms with Crippen molar-refractivity contribution in [2.45, 2.75) is 45.4 Å². The van der Waals surface area contributed by atoms with Crippen LogP contribution in [-0.2, 0) is 19.1 Å². The Morgan fingerprint density at radius 3 is 2.36 bits per heavy atom. The lowest BCUT2D eigenvalue weighted by Gasteiger charge is -2.11. The van der Waals surface area contributed by atoms with Crippen LogP contribution in [0.3, 0.4) is 0 Å². The highest BCUT2D eigenvalue weighted by molar-refractivity contribution is 5.77. The second-order valence-corrected chi connectivity index (χ2v) is 5.51. The van der Waals surface area contributed by atoms with E-state index in [1.165, 1.54) is 24.5 Å². The zero-order chi connectivity index (χ0) is 16.5. The molecule has 0 aliphatic rings. The summed E-state index contributed by atoms with van der Waals surface area (Å²) in [6, 6.07) is 8.37. The van der Waals surface area contributed by atoms with Crippen LogP contribution >= 0.6 is 0 Å². The SMILES string of the molecule is COC(=O)CCC(=O)OC=CC(C)c1cccc(C(C)C)c1. The molecule has 22 heavy (non-hydrogen) atoms. The van der Waals surface area contributed by atoms with E-state index in [0.29, 0.717) is 5.92 Å². The van der Waals surface area contributed by atoms with Crippen molar-refractivity contribution < 1.29 is 19.1 Å². The number of rotatable bonds is 7. The van der Waals surface area contributed by atoms with Gasteiger partial charge in [0.05, 0.1) is 26.2 Å². The van der Waals surface area contributed by atoms with E-state index < -0.39 is 11.9 Å². The first-order chi connectivity index (χ1) is 10.4. The number of carbonyl (C=O) groups is 2. The van der Waals surface area contributed by atoms with Crippen molar-refractivity contribution in [3.8, 4) is 0 Å². The molecule has 0 aliphatic heterocycles. The van der Waals surface area contributed by atoms with Gasteiger partial charge in [0.2, 0.25) is 0 Å². The molecule has 0 aliphatic carbocycles. The zero-order valence-corrected chi connectivity index (χ0v) is 13.7. The molecule has 0 heterocycles. The summed E-state index contributed by atoms with van der Waals surface area (Å²) >= 11 is 0. The van der Waals surface area contributed by atoms with Crippen molar-refractivity contribution in [2.24, 2.45) is 0 Å². The zero-order valence-electron chi connectivity index (χ0n) is 13.7. The van der Waals surface area contributed by atoms with E-state index in [9.17, 15) is 9.59 Å². The average Bonchev–Trinajstić information content (AvgIpc) is 2.52. The van der Waals surface area contributed by atoms with E-state index in [0.717, 1.165) is 0 Å². The molecule has 1 unspecified atom stereocenters. The molecule has 4 nitrogen and oxygen atoms in total. The monoisotopic (exact) mass is 304 g/mol. The number of ether oxygens (including phenoxy) is 2. The first-order valence-electron chi connectivity index (χ1n) is 7.46. The highest BCUT2D eigenvalue weighted by atomic mass is 16.5. The third-order valence-electron chi connectivity index (χ3n) is 3.43. The summed E-state index contributed by atoms with van der Waals surface area (Å²) in [5, 5.41) is 0. The van der Waals surface area contributed by atoms with Gasteiger partial charge in [-0.25, -0.2) is 0 Å². The fourth-order valence-electron chi connectivity index (χ4n) is 1.91. The number of hydrogen-bond acceptors (Lipinski definition) is 4. The average molecular weight is 304 g/mol. The predicted octanol–water partition coefficient (Wildman–Crippen LogP) is 3.92. The van der Waals surface area contributed by atoms with Gasteiger partial charge in [0.1, 0.15) is 0 Å². The number of hydrogen-bond donors (Lipinski definition) is 0. The molecule has 0 radical (unpaired) electrons. The Kier molecular flexibility index (Phi) is 7.37. The molecule has 0 bridgehead atoms. The molecule has 0 aromatic heterocycles. The lowest BCUT2D eigenvalue weighted by atomic mass is 9.95. The van der Waals surface area contributed by atoms with Crippen LogP contribution in [0.1, 0.15) is 56.6 Å². The third-order valence-corrected chi connectivity index (χ3v) is 3.43. The van der Waals surface area contributed by atoms with Crippen LogP contribution in [0, 0.1) is 0 Å². The van der Waals surface area contributed by atoms with Crippen molar-refractivity contribution in [1.82, 2.24) is 0 Å². The van der Waals surface area contributed by atoms with Gasteiger partial charge in [-0.2, -0.15) is 0 Å². The van der Waals surface area contributed by atoms with Crippen LogP contribution in [-0.4, -0.2) is 19.0 Å². The van der Waals surface area contributed by atoms with E-state index in [2.05, 4.69) is 36.8 Å². The van der Waals surface area contributed by atoms with Crippen molar-refractivity contribution in [2.75, 3.05) is 7.11 Å². The van der Waals surface area contributed by atoms with Gasteiger partial charge in [0.25, 0.3) is 0 Å². The highest BCUT2D eigenvalue weighted by Gasteiger charge is 2.08. The van der Waals surface area contributed by atoms with Crippen LogP contribution in [0.2, 0.25) is 0 Å². The summed E-state index contributed by atoms with van der Waals surface area (Å²) in [5.41, 5.74) is 2.46. The van der Waals surface area contributed by atoms with Crippen LogP contribution in [0.4, 0.5) is 0 Å². The highest BCUT2D eigenvalue weighted by Crippen LogP contribution is 2.22. The fourth-order valence-corrected chi connectivity index (χ4v) is 1.91. The quantitative estimate of drug-likeness (QED) is 0.566. The van der Waals surface area contributed by atoms with Crippen molar-refractivity contribution in [1.29, 1.82) is 0 Å². The van der Waals surface area contributed by atoms with E-state index in [1.807, 2.05) is 19.1 Å². The molecule has 0 saturated heterocycles. The van der Waals surface area contributed by atoms with Crippen LogP contribution in [0.15, 0.2) is 36.6 Å². The van der Waals surface area contributed by atoms with E-state index in [1.54, 1.807) is 0 Å². The van der Waals surface area contributed by atoms with E-state index in [-0.39, 0.29) is 18.8 Å². The Labute approximate surface area is 132 Å². The van der Waals surface area contributed by atoms with Crippen LogP contribution < -0.4 is 0 Å². The summed E-state index contributed by atoms with van der Waals surface area (Å²) in [4.78, 5) is 22.4. The van der Waals surface area contributed by atoms with Gasteiger partial charge >= 0.3 is 11.9 Å². The number of carbonyl (C=O) groups excluding carboxylic acids is 2. The minimum atomic E-state index is -0.440. The first-order valence-corrected chi connectivity index (χ1v) is 7.46. The molecule has 1 aromatic carbocycles. The van der Waals surface area contributed by atoms with Gasteiger partial charge < -0.3 is 9.47 Å². The van der Waals surface area contributed by atoms with Gasteiger partial charge in [-0.3, -0.25) is 9.59 Å². The number of methoxy groups -OCH3 is 1. The molecule has 0 amide bonds. The van der Waals surface area contributed by atoms with Gasteiger partial charge in [-0.1, -0.05) is 45.0 Å². The molecule has 0 N–H and O–H groups in total. The normalized spacial score (nSPS) is 12.4. The van der Waals surface area contributed by atoms with Crippen LogP contribution in [0.25, 0.3) is 0 Å². The Bertz CT molecular complexity index is 532. The van der Waals surface area contributed by atoms with Crippen molar-refractivity contribution in [3.63, 3.8) is 0 Å². The molecule has 1 aromatic rings. The fraction of sp³-hybridized carbons (Fsp3) is 0.444. The maximum Gasteiger partial charge on any atom is 0.311 e. The van der Waals surface area contributed by atoms with Gasteiger partial charge in [-0.15, -0.1) is 0 Å². The van der Waals surface area contributed by atoms with Crippen molar-refractivity contribution >= 4 is 11.9 Å². The summed E-state index contributed by atoms with van der Waals surface area (Å²) in [7, 11) is 1.29. The first kappa shape index (κ1) is 18.0. The number of allylic oxidation sites excluding steroid dienone is 1. The van der Waals surface area contributed by atoms with Crippen LogP contribution in [0.5, 0.6) is 0 Å². The molecule has 0 spiro atoms. The lowest BCUT2D eigenvalue weighted by molar-refractivity contribution is -0.145. The molecule has 0 fully saturated rings. The summed E-state index contributed by atoms with van der Waals surface area (Å²) in [6.45, 7) is 6.35. The smallest absolute Gasteiger partial charge is 0.311 e. The van der Waals surface area contributed by atoms with Gasteiger partial charge in [0, 0.05) is 5.92 Å². The number of benzene rings is 1. The third kappa shape index (κ3) is 6.12. The molecule has 1 rings (SSSR count). The predicted molar refractivity (Wildman–Crippen MR) is 85.4 cm³/mol. The largest absolute Gasteiger partial charge is 0.469 e. The molecular formula is C18H24O4. The Morgan fingerprint density at radius 1 is 1.09 bits per heavy atom.